The normalized spacial score (nSPS) is 11.9. The summed E-state index contributed by atoms with van der Waals surface area (Å²) in [6, 6.07) is 25.2. The molecule has 0 N–H and O–H groups in total. The summed E-state index contributed by atoms with van der Waals surface area (Å²) in [5.41, 5.74) is 2.55. The number of ether oxygens (including phenoxy) is 2. The van der Waals surface area contributed by atoms with Gasteiger partial charge in [0.05, 0.1) is 28.8 Å². The molecule has 154 valence electrons. The van der Waals surface area contributed by atoms with Gasteiger partial charge in [-0.25, -0.2) is 9.38 Å². The Morgan fingerprint density at radius 1 is 0.871 bits per heavy atom. The molecule has 3 aromatic carbocycles. The maximum Gasteiger partial charge on any atom is 0.274 e. The van der Waals surface area contributed by atoms with Gasteiger partial charge in [-0.05, 0) is 48.0 Å². The van der Waals surface area contributed by atoms with E-state index in [1.807, 2.05) is 84.9 Å². The van der Waals surface area contributed by atoms with Crippen LogP contribution in [0.15, 0.2) is 83.7 Å². The van der Waals surface area contributed by atoms with Gasteiger partial charge in [0.2, 0.25) is 0 Å². The van der Waals surface area contributed by atoms with Crippen LogP contribution >= 0.6 is 11.3 Å². The summed E-state index contributed by atoms with van der Waals surface area (Å²) in [7, 11) is 0. The van der Waals surface area contributed by atoms with Crippen molar-refractivity contribution in [3.63, 3.8) is 0 Å². The molecule has 0 radical (unpaired) electrons. The Kier molecular flexibility index (Phi) is 5.37. The van der Waals surface area contributed by atoms with E-state index in [0.29, 0.717) is 22.7 Å². The number of imidazole rings is 1. The van der Waals surface area contributed by atoms with Crippen LogP contribution in [0, 0.1) is 0 Å². The Morgan fingerprint density at radius 2 is 1.61 bits per heavy atom. The average molecular weight is 429 g/mol. The van der Waals surface area contributed by atoms with Gasteiger partial charge in [-0.15, -0.1) is 0 Å². The molecule has 6 heteroatoms. The van der Waals surface area contributed by atoms with Crippen molar-refractivity contribution in [2.24, 2.45) is 0 Å². The van der Waals surface area contributed by atoms with Crippen LogP contribution in [-0.4, -0.2) is 22.6 Å². The fourth-order valence-corrected chi connectivity index (χ4v) is 4.40. The standard InChI is InChI=1S/C25H20N2O3S/c28-24-23(31-25-26-21-12-4-5-13-22(21)27(24)25)17-18-8-6-11-20(16-18)30-15-7-14-29-19-9-2-1-3-10-19/h1-6,8-13,16-17H,7,14-15H2/b23-17-. The molecule has 5 nitrogen and oxygen atoms in total. The molecule has 5 aromatic rings. The number of thiazole rings is 1. The molecule has 2 aromatic heterocycles. The second-order valence-electron chi connectivity index (χ2n) is 7.07. The number of aromatic nitrogens is 2. The maximum atomic E-state index is 12.9. The zero-order valence-electron chi connectivity index (χ0n) is 16.7. The summed E-state index contributed by atoms with van der Waals surface area (Å²) in [4.78, 5) is 18.2. The summed E-state index contributed by atoms with van der Waals surface area (Å²) in [6.07, 6.45) is 2.67. The van der Waals surface area contributed by atoms with Crippen molar-refractivity contribution in [3.8, 4) is 11.5 Å². The van der Waals surface area contributed by atoms with Crippen molar-refractivity contribution < 1.29 is 9.47 Å². The van der Waals surface area contributed by atoms with E-state index in [-0.39, 0.29) is 5.56 Å². The fourth-order valence-electron chi connectivity index (χ4n) is 3.41. The highest BCUT2D eigenvalue weighted by Crippen LogP contribution is 2.17. The predicted molar refractivity (Wildman–Crippen MR) is 124 cm³/mol. The SMILES string of the molecule is O=c1/c(=C/c2cccc(OCCCOc3ccccc3)c2)sc2nc3ccccc3n12. The molecule has 0 spiro atoms. The van der Waals surface area contributed by atoms with Gasteiger partial charge in [0, 0.05) is 6.42 Å². The van der Waals surface area contributed by atoms with Crippen molar-refractivity contribution in [2.75, 3.05) is 13.2 Å². The average Bonchev–Trinajstić information content (AvgIpc) is 3.31. The van der Waals surface area contributed by atoms with Crippen LogP contribution < -0.4 is 19.6 Å². The van der Waals surface area contributed by atoms with E-state index in [1.165, 1.54) is 11.3 Å². The molecule has 0 bridgehead atoms. The molecular formula is C25H20N2O3S. The van der Waals surface area contributed by atoms with Crippen molar-refractivity contribution in [1.29, 1.82) is 0 Å². The summed E-state index contributed by atoms with van der Waals surface area (Å²) in [5, 5.41) is 0. The molecule has 0 unspecified atom stereocenters. The molecule has 0 amide bonds. The third-order valence-electron chi connectivity index (χ3n) is 4.87. The third kappa shape index (κ3) is 4.15. The lowest BCUT2D eigenvalue weighted by molar-refractivity contribution is 0.247. The Balaban J connectivity index is 1.28. The highest BCUT2D eigenvalue weighted by Gasteiger charge is 2.10. The van der Waals surface area contributed by atoms with Crippen LogP contribution in [0.2, 0.25) is 0 Å². The topological polar surface area (TPSA) is 52.8 Å². The lowest BCUT2D eigenvalue weighted by Gasteiger charge is -2.08. The first-order chi connectivity index (χ1) is 15.3. The van der Waals surface area contributed by atoms with Crippen LogP contribution in [0.5, 0.6) is 11.5 Å². The largest absolute Gasteiger partial charge is 0.493 e. The van der Waals surface area contributed by atoms with E-state index >= 15 is 0 Å². The van der Waals surface area contributed by atoms with Gasteiger partial charge in [0.25, 0.3) is 5.56 Å². The maximum absolute atomic E-state index is 12.9. The molecule has 0 aliphatic heterocycles. The van der Waals surface area contributed by atoms with E-state index in [1.54, 1.807) is 4.40 Å². The van der Waals surface area contributed by atoms with Crippen molar-refractivity contribution >= 4 is 33.4 Å². The van der Waals surface area contributed by atoms with Gasteiger partial charge in [0.1, 0.15) is 11.5 Å². The number of nitrogens with zero attached hydrogens (tertiary/aromatic N) is 2. The first-order valence-electron chi connectivity index (χ1n) is 10.1. The molecule has 0 saturated carbocycles. The van der Waals surface area contributed by atoms with E-state index in [9.17, 15) is 4.79 Å². The number of hydrogen-bond donors (Lipinski definition) is 0. The molecule has 31 heavy (non-hydrogen) atoms. The first kappa shape index (κ1) is 19.3. The molecule has 0 saturated heterocycles. The van der Waals surface area contributed by atoms with Crippen molar-refractivity contribution in [3.05, 3.63) is 99.3 Å². The molecule has 5 rings (SSSR count). The van der Waals surface area contributed by atoms with E-state index in [2.05, 4.69) is 4.98 Å². The zero-order chi connectivity index (χ0) is 21.0. The molecule has 0 aliphatic carbocycles. The number of hydrogen-bond acceptors (Lipinski definition) is 5. The van der Waals surface area contributed by atoms with Crippen LogP contribution in [-0.2, 0) is 0 Å². The smallest absolute Gasteiger partial charge is 0.274 e. The second kappa shape index (κ2) is 8.62. The summed E-state index contributed by atoms with van der Waals surface area (Å²) >= 11 is 1.40. The third-order valence-corrected chi connectivity index (χ3v) is 5.84. The summed E-state index contributed by atoms with van der Waals surface area (Å²) in [6.45, 7) is 1.15. The van der Waals surface area contributed by atoms with Gasteiger partial charge >= 0.3 is 0 Å². The number of benzene rings is 3. The molecule has 0 aliphatic rings. The Labute approximate surface area is 182 Å². The highest BCUT2D eigenvalue weighted by molar-refractivity contribution is 7.15. The minimum atomic E-state index is -0.0434. The monoisotopic (exact) mass is 428 g/mol. The molecule has 0 fully saturated rings. The minimum absolute atomic E-state index is 0.0434. The fraction of sp³-hybridized carbons (Fsp3) is 0.120. The molecule has 0 atom stereocenters. The second-order valence-corrected chi connectivity index (χ2v) is 8.08. The summed E-state index contributed by atoms with van der Waals surface area (Å²) in [5.74, 6) is 1.63. The van der Waals surface area contributed by atoms with Crippen LogP contribution in [0.3, 0.4) is 0 Å². The van der Waals surface area contributed by atoms with E-state index in [0.717, 1.165) is 34.5 Å². The van der Waals surface area contributed by atoms with E-state index < -0.39 is 0 Å². The van der Waals surface area contributed by atoms with Crippen LogP contribution in [0.25, 0.3) is 22.1 Å². The lowest BCUT2D eigenvalue weighted by atomic mass is 10.2. The minimum Gasteiger partial charge on any atom is -0.493 e. The molecule has 2 heterocycles. The number of rotatable bonds is 7. The molecular weight excluding hydrogens is 408 g/mol. The number of para-hydroxylation sites is 3. The Morgan fingerprint density at radius 3 is 2.48 bits per heavy atom. The van der Waals surface area contributed by atoms with Crippen molar-refractivity contribution in [2.45, 2.75) is 6.42 Å². The van der Waals surface area contributed by atoms with Gasteiger partial charge in [0.15, 0.2) is 4.96 Å². The van der Waals surface area contributed by atoms with Gasteiger partial charge in [-0.1, -0.05) is 53.8 Å². The van der Waals surface area contributed by atoms with E-state index in [4.69, 9.17) is 9.47 Å². The van der Waals surface area contributed by atoms with Crippen LogP contribution in [0.1, 0.15) is 12.0 Å². The Bertz CT molecular complexity index is 1440. The van der Waals surface area contributed by atoms with Crippen LogP contribution in [0.4, 0.5) is 0 Å². The Hall–Kier alpha value is -3.64. The number of fused-ring (bicyclic) bond motifs is 3. The van der Waals surface area contributed by atoms with Crippen molar-refractivity contribution in [1.82, 2.24) is 9.38 Å². The van der Waals surface area contributed by atoms with Gasteiger partial charge in [-0.3, -0.25) is 4.79 Å². The zero-order valence-corrected chi connectivity index (χ0v) is 17.5. The highest BCUT2D eigenvalue weighted by atomic mass is 32.1. The van der Waals surface area contributed by atoms with Gasteiger partial charge in [-0.2, -0.15) is 0 Å². The predicted octanol–water partition coefficient (Wildman–Crippen LogP) is 4.30. The quantitative estimate of drug-likeness (QED) is 0.363. The lowest BCUT2D eigenvalue weighted by Crippen LogP contribution is -2.22. The van der Waals surface area contributed by atoms with Gasteiger partial charge < -0.3 is 9.47 Å². The first-order valence-corrected chi connectivity index (χ1v) is 10.9. The summed E-state index contributed by atoms with van der Waals surface area (Å²) < 4.78 is 13.9.